The van der Waals surface area contributed by atoms with Crippen molar-refractivity contribution in [3.8, 4) is 0 Å². The number of allylic oxidation sites excluding steroid dienone is 1. The van der Waals surface area contributed by atoms with E-state index in [-0.39, 0.29) is 5.56 Å². The number of halogens is 1. The number of ketones is 1. The Balaban J connectivity index is 1.80. The number of pyridine rings is 1. The summed E-state index contributed by atoms with van der Waals surface area (Å²) in [5.41, 5.74) is 4.21. The quantitative estimate of drug-likeness (QED) is 0.189. The summed E-state index contributed by atoms with van der Waals surface area (Å²) in [5, 5.41) is 11.9. The first kappa shape index (κ1) is 22.2. The van der Waals surface area contributed by atoms with Crippen LogP contribution < -0.4 is 10.9 Å². The molecule has 3 aromatic carbocycles. The highest BCUT2D eigenvalue weighted by Gasteiger charge is 2.18. The molecule has 0 amide bonds. The van der Waals surface area contributed by atoms with E-state index in [0.717, 1.165) is 22.2 Å². The Bertz CT molecular complexity index is 1440. The Morgan fingerprint density at radius 3 is 2.61 bits per heavy atom. The van der Waals surface area contributed by atoms with Gasteiger partial charge in [-0.3, -0.25) is 9.59 Å². The zero-order valence-corrected chi connectivity index (χ0v) is 18.7. The van der Waals surface area contributed by atoms with Gasteiger partial charge in [-0.25, -0.2) is 0 Å². The number of hydrogen-bond donors (Lipinski definition) is 3. The molecule has 0 bridgehead atoms. The number of hydrogen-bond acceptors (Lipinski definition) is 4. The average molecular weight is 456 g/mol. The maximum absolute atomic E-state index is 13.3. The van der Waals surface area contributed by atoms with Crippen molar-refractivity contribution in [2.75, 3.05) is 12.4 Å². The fourth-order valence-electron chi connectivity index (χ4n) is 3.86. The molecule has 164 valence electrons. The third kappa shape index (κ3) is 4.78. The third-order valence-corrected chi connectivity index (χ3v) is 5.72. The van der Waals surface area contributed by atoms with Crippen LogP contribution in [0.3, 0.4) is 0 Å². The number of rotatable bonds is 7. The van der Waals surface area contributed by atoms with Crippen molar-refractivity contribution >= 4 is 46.3 Å². The van der Waals surface area contributed by atoms with E-state index in [2.05, 4.69) is 10.3 Å². The van der Waals surface area contributed by atoms with Crippen molar-refractivity contribution in [3.05, 3.63) is 116 Å². The van der Waals surface area contributed by atoms with Gasteiger partial charge in [0.25, 0.3) is 5.56 Å². The van der Waals surface area contributed by atoms with Gasteiger partial charge in [-0.05, 0) is 59.5 Å². The molecule has 0 saturated heterocycles. The van der Waals surface area contributed by atoms with Gasteiger partial charge in [-0.1, -0.05) is 54.1 Å². The summed E-state index contributed by atoms with van der Waals surface area (Å²) in [6.45, 7) is 0. The summed E-state index contributed by atoms with van der Waals surface area (Å²) < 4.78 is 0. The number of aromatic amines is 1. The van der Waals surface area contributed by atoms with Gasteiger partial charge in [0, 0.05) is 40.4 Å². The van der Waals surface area contributed by atoms with Crippen LogP contribution in [0.1, 0.15) is 32.6 Å². The third-order valence-electron chi connectivity index (χ3n) is 5.48. The van der Waals surface area contributed by atoms with E-state index in [9.17, 15) is 9.59 Å². The lowest BCUT2D eigenvalue weighted by Gasteiger charge is -2.12. The van der Waals surface area contributed by atoms with Crippen LogP contribution in [0.15, 0.2) is 77.6 Å². The van der Waals surface area contributed by atoms with Crippen LogP contribution in [0.25, 0.3) is 17.0 Å². The molecule has 0 atom stereocenters. The van der Waals surface area contributed by atoms with Crippen LogP contribution in [0.5, 0.6) is 0 Å². The molecule has 0 radical (unpaired) electrons. The molecular weight excluding hydrogens is 434 g/mol. The Morgan fingerprint density at radius 2 is 1.88 bits per heavy atom. The van der Waals surface area contributed by atoms with E-state index >= 15 is 0 Å². The van der Waals surface area contributed by atoms with Crippen LogP contribution in [-0.4, -0.2) is 24.0 Å². The molecule has 0 saturated carbocycles. The lowest BCUT2D eigenvalue weighted by Crippen LogP contribution is -2.20. The van der Waals surface area contributed by atoms with E-state index in [1.165, 1.54) is 12.3 Å². The number of H-pyrrole nitrogens is 1. The summed E-state index contributed by atoms with van der Waals surface area (Å²) in [5.74, 6) is -0.391. The van der Waals surface area contributed by atoms with Crippen LogP contribution in [0, 0.1) is 5.41 Å². The molecule has 5 nitrogen and oxygen atoms in total. The number of carbonyl (C=O) groups is 1. The van der Waals surface area contributed by atoms with Crippen molar-refractivity contribution in [2.24, 2.45) is 0 Å². The first-order valence-corrected chi connectivity index (χ1v) is 10.8. The number of anilines is 1. The SMILES string of the molecule is CNc1ccc(/C=C/C(=O)c2c(Cc3ccccc3)c3cc(Cl)ccc3[nH]c2=O)cc1C=N. The summed E-state index contributed by atoms with van der Waals surface area (Å²) >= 11 is 6.25. The smallest absolute Gasteiger partial charge is 0.259 e. The molecule has 0 fully saturated rings. The zero-order chi connectivity index (χ0) is 23.4. The van der Waals surface area contributed by atoms with E-state index in [0.29, 0.717) is 28.1 Å². The molecule has 1 heterocycles. The molecular formula is C27H22ClN3O2. The minimum Gasteiger partial charge on any atom is -0.388 e. The highest BCUT2D eigenvalue weighted by Crippen LogP contribution is 2.25. The molecule has 6 heteroatoms. The highest BCUT2D eigenvalue weighted by molar-refractivity contribution is 6.31. The Kier molecular flexibility index (Phi) is 6.52. The molecule has 0 aliphatic carbocycles. The molecule has 4 rings (SSSR count). The van der Waals surface area contributed by atoms with Gasteiger partial charge in [0.1, 0.15) is 0 Å². The second-order valence-corrected chi connectivity index (χ2v) is 8.04. The average Bonchev–Trinajstić information content (AvgIpc) is 2.83. The molecule has 33 heavy (non-hydrogen) atoms. The maximum atomic E-state index is 13.3. The van der Waals surface area contributed by atoms with Gasteiger partial charge < -0.3 is 15.7 Å². The molecule has 0 unspecified atom stereocenters. The number of carbonyl (C=O) groups excluding carboxylic acids is 1. The van der Waals surface area contributed by atoms with Crippen molar-refractivity contribution in [2.45, 2.75) is 6.42 Å². The van der Waals surface area contributed by atoms with Crippen molar-refractivity contribution < 1.29 is 4.79 Å². The Labute approximate surface area is 196 Å². The number of benzene rings is 3. The van der Waals surface area contributed by atoms with E-state index in [1.54, 1.807) is 37.4 Å². The van der Waals surface area contributed by atoms with E-state index < -0.39 is 11.3 Å². The minimum atomic E-state index is -0.434. The van der Waals surface area contributed by atoms with Gasteiger partial charge >= 0.3 is 0 Å². The van der Waals surface area contributed by atoms with Gasteiger partial charge in [0.2, 0.25) is 0 Å². The fraction of sp³-hybridized carbons (Fsp3) is 0.0741. The first-order chi connectivity index (χ1) is 16.0. The number of fused-ring (bicyclic) bond motifs is 1. The summed E-state index contributed by atoms with van der Waals surface area (Å²) in [4.78, 5) is 29.1. The van der Waals surface area contributed by atoms with Gasteiger partial charge in [-0.2, -0.15) is 0 Å². The molecule has 0 aliphatic rings. The summed E-state index contributed by atoms with van der Waals surface area (Å²) in [7, 11) is 1.79. The lowest BCUT2D eigenvalue weighted by molar-refractivity contribution is 0.104. The van der Waals surface area contributed by atoms with Crippen molar-refractivity contribution in [3.63, 3.8) is 0 Å². The van der Waals surface area contributed by atoms with E-state index in [4.69, 9.17) is 17.0 Å². The molecule has 0 spiro atoms. The fourth-order valence-corrected chi connectivity index (χ4v) is 4.04. The van der Waals surface area contributed by atoms with Crippen molar-refractivity contribution in [1.29, 1.82) is 5.41 Å². The second kappa shape index (κ2) is 9.67. The Hall–Kier alpha value is -3.96. The number of aromatic nitrogens is 1. The standard InChI is InChI=1S/C27H22ClN3O2/c1-30-23-10-7-18(13-19(23)16-29)8-12-25(32)26-22(14-17-5-3-2-4-6-17)21-15-20(28)9-11-24(21)31-27(26)33/h2-13,15-16,29-30H,14H2,1H3,(H,31,33)/b12-8+,29-16?. The second-order valence-electron chi connectivity index (χ2n) is 7.60. The predicted molar refractivity (Wildman–Crippen MR) is 136 cm³/mol. The number of nitrogens with one attached hydrogen (secondary N) is 3. The van der Waals surface area contributed by atoms with Crippen molar-refractivity contribution in [1.82, 2.24) is 4.98 Å². The minimum absolute atomic E-state index is 0.101. The maximum Gasteiger partial charge on any atom is 0.259 e. The van der Waals surface area contributed by atoms with Gasteiger partial charge in [0.05, 0.1) is 5.56 Å². The molecule has 3 N–H and O–H groups in total. The lowest BCUT2D eigenvalue weighted by atomic mass is 9.94. The van der Waals surface area contributed by atoms with Crippen LogP contribution in [-0.2, 0) is 6.42 Å². The predicted octanol–water partition coefficient (Wildman–Crippen LogP) is 5.71. The monoisotopic (exact) mass is 455 g/mol. The van der Waals surface area contributed by atoms with Crippen LogP contribution >= 0.6 is 11.6 Å². The summed E-state index contributed by atoms with van der Waals surface area (Å²) in [6.07, 6.45) is 4.73. The van der Waals surface area contributed by atoms with Crippen LogP contribution in [0.4, 0.5) is 5.69 Å². The summed E-state index contributed by atoms with van der Waals surface area (Å²) in [6, 6.07) is 20.4. The zero-order valence-electron chi connectivity index (χ0n) is 18.0. The van der Waals surface area contributed by atoms with Gasteiger partial charge in [-0.15, -0.1) is 0 Å². The normalized spacial score (nSPS) is 11.1. The Morgan fingerprint density at radius 1 is 1.09 bits per heavy atom. The first-order valence-electron chi connectivity index (χ1n) is 10.4. The molecule has 1 aromatic heterocycles. The highest BCUT2D eigenvalue weighted by atomic mass is 35.5. The van der Waals surface area contributed by atoms with E-state index in [1.807, 2.05) is 42.5 Å². The van der Waals surface area contributed by atoms with Crippen LogP contribution in [0.2, 0.25) is 5.02 Å². The molecule has 0 aliphatic heterocycles. The van der Waals surface area contributed by atoms with Gasteiger partial charge in [0.15, 0.2) is 5.78 Å². The topological polar surface area (TPSA) is 85.8 Å². The molecule has 4 aromatic rings. The largest absolute Gasteiger partial charge is 0.388 e.